The molecule has 0 saturated carbocycles. The average molecular weight is 258 g/mol. The lowest BCUT2D eigenvalue weighted by molar-refractivity contribution is -0.275. The molecule has 0 unspecified atom stereocenters. The molecule has 7 heteroatoms. The second-order valence-corrected chi connectivity index (χ2v) is 3.03. The van der Waals surface area contributed by atoms with E-state index in [-0.39, 0.29) is 18.0 Å². The van der Waals surface area contributed by atoms with Gasteiger partial charge in [-0.2, -0.15) is 0 Å². The molecular formula is C9H11ClF3NO2. The molecule has 16 heavy (non-hydrogen) atoms. The van der Waals surface area contributed by atoms with Gasteiger partial charge >= 0.3 is 6.36 Å². The first-order valence-electron chi connectivity index (χ1n) is 4.14. The minimum Gasteiger partial charge on any atom is -0.504 e. The van der Waals surface area contributed by atoms with Gasteiger partial charge in [-0.3, -0.25) is 0 Å². The molecule has 0 fully saturated rings. The van der Waals surface area contributed by atoms with Crippen molar-refractivity contribution >= 4 is 12.4 Å². The van der Waals surface area contributed by atoms with Crippen molar-refractivity contribution in [2.75, 3.05) is 0 Å². The van der Waals surface area contributed by atoms with E-state index in [9.17, 15) is 18.3 Å². The third-order valence-electron chi connectivity index (χ3n) is 1.75. The topological polar surface area (TPSA) is 55.5 Å². The zero-order chi connectivity index (χ0) is 11.6. The first-order valence-corrected chi connectivity index (χ1v) is 4.14. The van der Waals surface area contributed by atoms with Gasteiger partial charge in [0.1, 0.15) is 0 Å². The highest BCUT2D eigenvalue weighted by Crippen LogP contribution is 2.35. The van der Waals surface area contributed by atoms with Gasteiger partial charge in [-0.1, -0.05) is 12.1 Å². The number of phenols is 1. The summed E-state index contributed by atoms with van der Waals surface area (Å²) < 4.78 is 39.3. The predicted molar refractivity (Wildman–Crippen MR) is 54.6 cm³/mol. The summed E-state index contributed by atoms with van der Waals surface area (Å²) >= 11 is 0. The molecule has 92 valence electrons. The van der Waals surface area contributed by atoms with Crippen LogP contribution >= 0.6 is 12.4 Å². The van der Waals surface area contributed by atoms with Crippen molar-refractivity contribution in [1.29, 1.82) is 0 Å². The van der Waals surface area contributed by atoms with Crippen LogP contribution in [0.15, 0.2) is 18.2 Å². The third kappa shape index (κ3) is 3.79. The number of ether oxygens (including phenoxy) is 1. The first-order chi connectivity index (χ1) is 6.81. The van der Waals surface area contributed by atoms with E-state index in [0.29, 0.717) is 0 Å². The lowest BCUT2D eigenvalue weighted by Crippen LogP contribution is -2.17. The third-order valence-corrected chi connectivity index (χ3v) is 1.75. The molecule has 3 nitrogen and oxygen atoms in total. The van der Waals surface area contributed by atoms with E-state index in [4.69, 9.17) is 5.73 Å². The summed E-state index contributed by atoms with van der Waals surface area (Å²) in [7, 11) is 0. The van der Waals surface area contributed by atoms with Crippen molar-refractivity contribution in [3.63, 3.8) is 0 Å². The van der Waals surface area contributed by atoms with Crippen LogP contribution in [0.4, 0.5) is 13.2 Å². The normalized spacial score (nSPS) is 12.8. The number of rotatable bonds is 2. The molecule has 0 aliphatic heterocycles. The number of benzene rings is 1. The van der Waals surface area contributed by atoms with Gasteiger partial charge in [0.15, 0.2) is 11.5 Å². The molecule has 0 bridgehead atoms. The number of hydrogen-bond acceptors (Lipinski definition) is 3. The SMILES string of the molecule is C[C@H](N)c1cccc(OC(F)(F)F)c1O.Cl. The van der Waals surface area contributed by atoms with Gasteiger partial charge in [0.05, 0.1) is 0 Å². The summed E-state index contributed by atoms with van der Waals surface area (Å²) in [6.07, 6.45) is -4.83. The van der Waals surface area contributed by atoms with Crippen LogP contribution in [0.2, 0.25) is 0 Å². The Labute approximate surface area is 96.4 Å². The van der Waals surface area contributed by atoms with Crippen LogP contribution in [-0.2, 0) is 0 Å². The summed E-state index contributed by atoms with van der Waals surface area (Å²) in [6.45, 7) is 1.55. The van der Waals surface area contributed by atoms with E-state index in [0.717, 1.165) is 6.07 Å². The molecule has 0 spiro atoms. The highest BCUT2D eigenvalue weighted by atomic mass is 35.5. The molecule has 1 aromatic rings. The van der Waals surface area contributed by atoms with Crippen LogP contribution < -0.4 is 10.5 Å². The van der Waals surface area contributed by atoms with Crippen LogP contribution in [0.1, 0.15) is 18.5 Å². The molecule has 0 aliphatic carbocycles. The van der Waals surface area contributed by atoms with Gasteiger partial charge in [-0.25, -0.2) is 0 Å². The molecule has 1 atom stereocenters. The maximum absolute atomic E-state index is 11.9. The lowest BCUT2D eigenvalue weighted by atomic mass is 10.1. The fraction of sp³-hybridized carbons (Fsp3) is 0.333. The van der Waals surface area contributed by atoms with E-state index in [1.807, 2.05) is 0 Å². The summed E-state index contributed by atoms with van der Waals surface area (Å²) in [5.74, 6) is -1.22. The summed E-state index contributed by atoms with van der Waals surface area (Å²) in [6, 6.07) is 3.22. The number of halogens is 4. The molecule has 0 saturated heterocycles. The average Bonchev–Trinajstić information content (AvgIpc) is 2.05. The Morgan fingerprint density at radius 1 is 1.38 bits per heavy atom. The minimum absolute atomic E-state index is 0. The number of para-hydroxylation sites is 1. The van der Waals surface area contributed by atoms with E-state index in [2.05, 4.69) is 4.74 Å². The largest absolute Gasteiger partial charge is 0.573 e. The quantitative estimate of drug-likeness (QED) is 0.857. The van der Waals surface area contributed by atoms with Gasteiger partial charge in [-0.05, 0) is 13.0 Å². The Bertz CT molecular complexity index is 355. The maximum Gasteiger partial charge on any atom is 0.573 e. The zero-order valence-electron chi connectivity index (χ0n) is 8.28. The van der Waals surface area contributed by atoms with Crippen LogP contribution in [0.3, 0.4) is 0 Å². The van der Waals surface area contributed by atoms with Gasteiger partial charge in [0.25, 0.3) is 0 Å². The standard InChI is InChI=1S/C9H10F3NO2.ClH/c1-5(13)6-3-2-4-7(8(6)14)15-9(10,11)12;/h2-5,14H,13H2,1H3;1H/t5-;/m0./s1. The molecule has 0 amide bonds. The summed E-state index contributed by atoms with van der Waals surface area (Å²) in [5, 5.41) is 9.42. The molecular weight excluding hydrogens is 247 g/mol. The monoisotopic (exact) mass is 257 g/mol. The Hall–Kier alpha value is -1.14. The molecule has 0 aliphatic rings. The highest BCUT2D eigenvalue weighted by molar-refractivity contribution is 5.85. The second-order valence-electron chi connectivity index (χ2n) is 3.03. The van der Waals surface area contributed by atoms with E-state index in [1.165, 1.54) is 12.1 Å². The van der Waals surface area contributed by atoms with E-state index in [1.54, 1.807) is 6.92 Å². The molecule has 3 N–H and O–H groups in total. The molecule has 1 rings (SSSR count). The number of alkyl halides is 3. The summed E-state index contributed by atoms with van der Waals surface area (Å²) in [4.78, 5) is 0. The minimum atomic E-state index is -4.83. The second kappa shape index (κ2) is 5.27. The maximum atomic E-state index is 11.9. The van der Waals surface area contributed by atoms with Crippen molar-refractivity contribution in [1.82, 2.24) is 0 Å². The van der Waals surface area contributed by atoms with Crippen LogP contribution in [0, 0.1) is 0 Å². The molecule has 0 aromatic heterocycles. The van der Waals surface area contributed by atoms with Gasteiger partial charge < -0.3 is 15.6 Å². The zero-order valence-corrected chi connectivity index (χ0v) is 9.10. The molecule has 0 heterocycles. The van der Waals surface area contributed by atoms with Gasteiger partial charge in [0, 0.05) is 11.6 Å². The van der Waals surface area contributed by atoms with E-state index < -0.39 is 23.9 Å². The summed E-state index contributed by atoms with van der Waals surface area (Å²) in [5.41, 5.74) is 5.66. The molecule has 0 radical (unpaired) electrons. The predicted octanol–water partition coefficient (Wildman–Crippen LogP) is 2.73. The highest BCUT2D eigenvalue weighted by Gasteiger charge is 2.32. The number of nitrogens with two attached hydrogens (primary N) is 1. The Morgan fingerprint density at radius 2 is 1.94 bits per heavy atom. The van der Waals surface area contributed by atoms with Crippen LogP contribution in [-0.4, -0.2) is 11.5 Å². The smallest absolute Gasteiger partial charge is 0.504 e. The number of aromatic hydroxyl groups is 1. The van der Waals surface area contributed by atoms with Crippen molar-refractivity contribution < 1.29 is 23.0 Å². The Balaban J connectivity index is 0.00000225. The fourth-order valence-corrected chi connectivity index (χ4v) is 1.11. The van der Waals surface area contributed by atoms with Crippen molar-refractivity contribution in [2.45, 2.75) is 19.3 Å². The lowest BCUT2D eigenvalue weighted by Gasteiger charge is -2.14. The van der Waals surface area contributed by atoms with Crippen LogP contribution in [0.25, 0.3) is 0 Å². The Kier molecular flexibility index (Phi) is 4.89. The van der Waals surface area contributed by atoms with Gasteiger partial charge in [-0.15, -0.1) is 25.6 Å². The van der Waals surface area contributed by atoms with Gasteiger partial charge in [0.2, 0.25) is 0 Å². The number of phenolic OH excluding ortho intramolecular Hbond substituents is 1. The van der Waals surface area contributed by atoms with Crippen molar-refractivity contribution in [3.8, 4) is 11.5 Å². The van der Waals surface area contributed by atoms with E-state index >= 15 is 0 Å². The molecule has 1 aromatic carbocycles. The number of hydrogen-bond donors (Lipinski definition) is 2. The Morgan fingerprint density at radius 3 is 2.38 bits per heavy atom. The van der Waals surface area contributed by atoms with Crippen molar-refractivity contribution in [2.24, 2.45) is 5.73 Å². The first kappa shape index (κ1) is 14.9. The fourth-order valence-electron chi connectivity index (χ4n) is 1.11. The van der Waals surface area contributed by atoms with Crippen molar-refractivity contribution in [3.05, 3.63) is 23.8 Å². The van der Waals surface area contributed by atoms with Crippen LogP contribution in [0.5, 0.6) is 11.5 Å².